The van der Waals surface area contributed by atoms with Crippen molar-refractivity contribution in [3.8, 4) is 56.6 Å². The Balaban J connectivity index is 0.926. The lowest BCUT2D eigenvalue weighted by Crippen LogP contribution is -2.12. The van der Waals surface area contributed by atoms with Gasteiger partial charge in [-0.05, 0) is 84.1 Å². The Kier molecular flexibility index (Phi) is 9.71. The van der Waals surface area contributed by atoms with Crippen molar-refractivity contribution in [2.45, 2.75) is 39.5 Å². The summed E-state index contributed by atoms with van der Waals surface area (Å²) in [5.74, 6) is 1.76. The van der Waals surface area contributed by atoms with E-state index in [1.54, 1.807) is 0 Å². The second kappa shape index (κ2) is 15.5. The summed E-state index contributed by atoms with van der Waals surface area (Å²) in [6.45, 7) is 9.45. The number of fused-ring (bicyclic) bond motifs is 6. The lowest BCUT2D eigenvalue weighted by atomic mass is 9.84. The molecule has 0 bridgehead atoms. The van der Waals surface area contributed by atoms with Gasteiger partial charge in [-0.25, -0.2) is 0 Å². The lowest BCUT2D eigenvalue weighted by molar-refractivity contribution is 0.248. The van der Waals surface area contributed by atoms with Crippen molar-refractivity contribution in [2.24, 2.45) is 0 Å². The third-order valence-corrected chi connectivity index (χ3v) is 12.0. The number of phenols is 2. The summed E-state index contributed by atoms with van der Waals surface area (Å²) in [6.07, 6.45) is 0.607. The predicted molar refractivity (Wildman–Crippen MR) is 255 cm³/mol. The Bertz CT molecular complexity index is 3200. The van der Waals surface area contributed by atoms with Crippen LogP contribution in [0, 0.1) is 6.92 Å². The minimum atomic E-state index is -0.193. The van der Waals surface area contributed by atoms with E-state index in [0.717, 1.165) is 77.2 Å². The summed E-state index contributed by atoms with van der Waals surface area (Å²) in [4.78, 5) is 0. The summed E-state index contributed by atoms with van der Waals surface area (Å²) in [5.41, 5.74) is 10.6. The van der Waals surface area contributed by atoms with E-state index in [1.807, 2.05) is 84.9 Å². The van der Waals surface area contributed by atoms with Gasteiger partial charge < -0.3 is 28.8 Å². The molecule has 0 spiro atoms. The maximum Gasteiger partial charge on any atom is 0.147 e. The van der Waals surface area contributed by atoms with Crippen molar-refractivity contribution in [1.29, 1.82) is 0 Å². The van der Waals surface area contributed by atoms with Crippen LogP contribution in [-0.4, -0.2) is 32.6 Å². The fraction of sp³-hybridized carbons (Fsp3) is 0.143. The topological polar surface area (TPSA) is 68.8 Å². The first-order chi connectivity index (χ1) is 30.2. The number of aromatic nitrogens is 2. The number of benzene rings is 8. The van der Waals surface area contributed by atoms with Crippen LogP contribution in [0.25, 0.3) is 77.2 Å². The first-order valence-corrected chi connectivity index (χ1v) is 21.3. The van der Waals surface area contributed by atoms with Gasteiger partial charge in [0.05, 0.1) is 46.7 Å². The van der Waals surface area contributed by atoms with E-state index >= 15 is 0 Å². The highest BCUT2D eigenvalue weighted by molar-refractivity contribution is 6.10. The molecule has 0 saturated carbocycles. The van der Waals surface area contributed by atoms with E-state index in [1.165, 1.54) is 0 Å². The molecule has 2 aromatic heterocycles. The molecule has 0 amide bonds. The van der Waals surface area contributed by atoms with Crippen molar-refractivity contribution in [2.75, 3.05) is 13.2 Å². The Hall–Kier alpha value is -7.44. The van der Waals surface area contributed by atoms with Crippen molar-refractivity contribution >= 4 is 43.6 Å². The fourth-order valence-corrected chi connectivity index (χ4v) is 8.98. The van der Waals surface area contributed by atoms with Crippen LogP contribution < -0.4 is 9.47 Å². The summed E-state index contributed by atoms with van der Waals surface area (Å²) < 4.78 is 17.3. The molecule has 6 heteroatoms. The van der Waals surface area contributed by atoms with Crippen LogP contribution in [0.3, 0.4) is 0 Å². The van der Waals surface area contributed by atoms with Gasteiger partial charge in [-0.2, -0.15) is 0 Å². The first kappa shape index (κ1) is 38.7. The molecule has 0 saturated heterocycles. The number of nitrogens with zero attached hydrogens (tertiary/aromatic N) is 2. The largest absolute Gasteiger partial charge is 0.505 e. The van der Waals surface area contributed by atoms with Gasteiger partial charge in [0, 0.05) is 50.2 Å². The number of aryl methyl sites for hydroxylation is 1. The number of hydrogen-bond acceptors (Lipinski definition) is 4. The van der Waals surface area contributed by atoms with Crippen LogP contribution in [0.15, 0.2) is 170 Å². The third kappa shape index (κ3) is 6.69. The molecule has 0 aliphatic heterocycles. The third-order valence-electron chi connectivity index (χ3n) is 12.0. The van der Waals surface area contributed by atoms with Gasteiger partial charge in [0.25, 0.3) is 0 Å². The zero-order valence-electron chi connectivity index (χ0n) is 35.4. The highest BCUT2D eigenvalue weighted by Crippen LogP contribution is 2.46. The molecule has 10 aromatic rings. The van der Waals surface area contributed by atoms with Crippen molar-refractivity contribution < 1.29 is 19.7 Å². The molecule has 0 fully saturated rings. The molecule has 10 rings (SSSR count). The van der Waals surface area contributed by atoms with Crippen LogP contribution in [0.2, 0.25) is 0 Å². The minimum absolute atomic E-state index is 0.193. The van der Waals surface area contributed by atoms with Gasteiger partial charge in [-0.1, -0.05) is 130 Å². The molecule has 306 valence electrons. The molecule has 62 heavy (non-hydrogen) atoms. The van der Waals surface area contributed by atoms with E-state index in [4.69, 9.17) is 9.47 Å². The molecule has 2 N–H and O–H groups in total. The number of rotatable bonds is 10. The smallest absolute Gasteiger partial charge is 0.147 e. The Morgan fingerprint density at radius 3 is 1.24 bits per heavy atom. The molecule has 0 atom stereocenters. The Morgan fingerprint density at radius 2 is 0.806 bits per heavy atom. The maximum atomic E-state index is 12.3. The molecule has 0 aliphatic carbocycles. The van der Waals surface area contributed by atoms with E-state index in [9.17, 15) is 10.2 Å². The van der Waals surface area contributed by atoms with Gasteiger partial charge in [-0.15, -0.1) is 0 Å². The number of para-hydroxylation sites is 6. The zero-order valence-corrected chi connectivity index (χ0v) is 35.4. The zero-order chi connectivity index (χ0) is 42.5. The fourth-order valence-electron chi connectivity index (χ4n) is 8.98. The predicted octanol–water partition coefficient (Wildman–Crippen LogP) is 14.1. The first-order valence-electron chi connectivity index (χ1n) is 21.3. The quantitative estimate of drug-likeness (QED) is 0.135. The number of aromatic hydroxyl groups is 2. The SMILES string of the molecule is Cc1cc(-c2ccccc2OCCCOc2ccccc2-c2cc(C(C)(C)C)cc(-n3c4ccccc4c4ccccc43)c2O)c(O)c(-n2c3ccccc3c3ccccc32)c1. The highest BCUT2D eigenvalue weighted by atomic mass is 16.5. The van der Waals surface area contributed by atoms with E-state index < -0.39 is 0 Å². The normalized spacial score (nSPS) is 11.9. The van der Waals surface area contributed by atoms with Gasteiger partial charge >= 0.3 is 0 Å². The summed E-state index contributed by atoms with van der Waals surface area (Å²) in [5, 5.41) is 28.9. The molecule has 8 aromatic carbocycles. The summed E-state index contributed by atoms with van der Waals surface area (Å²) >= 11 is 0. The van der Waals surface area contributed by atoms with E-state index in [0.29, 0.717) is 42.3 Å². The van der Waals surface area contributed by atoms with E-state index in [-0.39, 0.29) is 16.9 Å². The van der Waals surface area contributed by atoms with Crippen LogP contribution in [0.5, 0.6) is 23.0 Å². The molecule has 0 aliphatic rings. The second-order valence-electron chi connectivity index (χ2n) is 17.1. The van der Waals surface area contributed by atoms with Crippen LogP contribution in [0.4, 0.5) is 0 Å². The van der Waals surface area contributed by atoms with Crippen LogP contribution in [-0.2, 0) is 5.41 Å². The molecular weight excluding hydrogens is 765 g/mol. The minimum Gasteiger partial charge on any atom is -0.505 e. The number of phenolic OH excluding ortho intramolecular Hbond substituents is 2. The van der Waals surface area contributed by atoms with Crippen molar-refractivity contribution in [1.82, 2.24) is 9.13 Å². The average Bonchev–Trinajstić information content (AvgIpc) is 3.80. The van der Waals surface area contributed by atoms with Gasteiger partial charge in [0.1, 0.15) is 23.0 Å². The maximum absolute atomic E-state index is 12.3. The summed E-state index contributed by atoms with van der Waals surface area (Å²) in [6, 6.07) is 57.5. The molecule has 0 unspecified atom stereocenters. The van der Waals surface area contributed by atoms with Gasteiger partial charge in [0.2, 0.25) is 0 Å². The van der Waals surface area contributed by atoms with Crippen molar-refractivity contribution in [3.63, 3.8) is 0 Å². The van der Waals surface area contributed by atoms with Gasteiger partial charge in [0.15, 0.2) is 0 Å². The monoisotopic (exact) mass is 812 g/mol. The molecule has 0 radical (unpaired) electrons. The highest BCUT2D eigenvalue weighted by Gasteiger charge is 2.25. The second-order valence-corrected chi connectivity index (χ2v) is 17.1. The Labute approximate surface area is 361 Å². The molecule has 6 nitrogen and oxygen atoms in total. The van der Waals surface area contributed by atoms with Gasteiger partial charge in [-0.3, -0.25) is 0 Å². The summed E-state index contributed by atoms with van der Waals surface area (Å²) in [7, 11) is 0. The molecule has 2 heterocycles. The van der Waals surface area contributed by atoms with Crippen LogP contribution >= 0.6 is 0 Å². The van der Waals surface area contributed by atoms with Crippen LogP contribution in [0.1, 0.15) is 38.3 Å². The standard InChI is InChI=1S/C56H48N2O4/c1-36-32-44(54(59)50(33-36)57-46-24-11-5-18-38(46)39-19-6-12-25-47(39)57)42-22-9-15-28-52(42)61-30-17-31-62-53-29-16-10-23-43(53)45-34-37(56(2,3)4)35-51(55(45)60)58-48-26-13-7-20-40(48)41-21-8-14-27-49(41)58/h5-16,18-29,32-35,59-60H,17,30-31H2,1-4H3. The number of ether oxygens (including phenoxy) is 2. The van der Waals surface area contributed by atoms with E-state index in [2.05, 4.69) is 122 Å². The number of hydrogen-bond donors (Lipinski definition) is 2. The van der Waals surface area contributed by atoms with Crippen molar-refractivity contribution in [3.05, 3.63) is 181 Å². The lowest BCUT2D eigenvalue weighted by Gasteiger charge is -2.24. The Morgan fingerprint density at radius 1 is 0.435 bits per heavy atom. The average molecular weight is 813 g/mol. The molecular formula is C56H48N2O4.